The van der Waals surface area contributed by atoms with Gasteiger partial charge in [0.2, 0.25) is 5.91 Å². The molecule has 4 rings (SSSR count). The number of piperidine rings is 1. The van der Waals surface area contributed by atoms with Gasteiger partial charge in [-0.05, 0) is 55.7 Å². The Morgan fingerprint density at radius 2 is 1.77 bits per heavy atom. The maximum absolute atomic E-state index is 14.3. The van der Waals surface area contributed by atoms with Gasteiger partial charge >= 0.3 is 12.2 Å². The molecule has 1 aliphatic carbocycles. The second kappa shape index (κ2) is 11.0. The zero-order valence-electron chi connectivity index (χ0n) is 22.9. The van der Waals surface area contributed by atoms with E-state index in [-0.39, 0.29) is 49.9 Å². The molecule has 1 unspecified atom stereocenters. The van der Waals surface area contributed by atoms with E-state index in [1.165, 1.54) is 11.9 Å². The first kappa shape index (κ1) is 29.8. The summed E-state index contributed by atoms with van der Waals surface area (Å²) in [5.41, 5.74) is -3.07. The van der Waals surface area contributed by atoms with Crippen LogP contribution in [0, 0.1) is 17.7 Å². The van der Waals surface area contributed by atoms with Gasteiger partial charge in [-0.2, -0.15) is 13.2 Å². The smallest absolute Gasteiger partial charge is 0.381 e. The standard InChI is InChI=1S/C27H34F4N4O5/c1-15(2)21(32-22(36)19-13-17(27(29,30)31)5-6-20(19)28)23(37)34-9-7-26(8-10-34)24(38)33(3)25(39)35(26)14-16-11-18(12-16)40-4/h5-6,13,15-16,18,21H,7-12,14H2,1-4H3,(H,32,36). The van der Waals surface area contributed by atoms with Crippen LogP contribution in [0.1, 0.15) is 55.5 Å². The quantitative estimate of drug-likeness (QED) is 0.401. The molecule has 2 saturated heterocycles. The number of imide groups is 1. The molecule has 3 aliphatic rings. The van der Waals surface area contributed by atoms with E-state index in [9.17, 15) is 36.7 Å². The Bertz CT molecular complexity index is 1180. The molecule has 40 heavy (non-hydrogen) atoms. The topological polar surface area (TPSA) is 99.3 Å². The Hall–Kier alpha value is -3.22. The molecular formula is C27H34F4N4O5. The van der Waals surface area contributed by atoms with Crippen LogP contribution in [0.4, 0.5) is 22.4 Å². The summed E-state index contributed by atoms with van der Waals surface area (Å²) >= 11 is 0. The van der Waals surface area contributed by atoms with Crippen molar-refractivity contribution < 1.29 is 41.5 Å². The first-order valence-electron chi connectivity index (χ1n) is 13.3. The number of hydrogen-bond donors (Lipinski definition) is 1. The van der Waals surface area contributed by atoms with Gasteiger partial charge in [0.25, 0.3) is 11.8 Å². The van der Waals surface area contributed by atoms with E-state index in [2.05, 4.69) is 5.32 Å². The Labute approximate surface area is 229 Å². The van der Waals surface area contributed by atoms with Gasteiger partial charge in [-0.25, -0.2) is 9.18 Å². The minimum absolute atomic E-state index is 0.130. The van der Waals surface area contributed by atoms with Crippen molar-refractivity contribution in [3.8, 4) is 0 Å². The molecule has 5 amide bonds. The molecule has 2 heterocycles. The van der Waals surface area contributed by atoms with Crippen LogP contribution >= 0.6 is 0 Å². The number of likely N-dealkylation sites (N-methyl/N-ethyl adjacent to an activating group) is 1. The number of alkyl halides is 3. The van der Waals surface area contributed by atoms with Crippen LogP contribution in [0.25, 0.3) is 0 Å². The zero-order chi connectivity index (χ0) is 29.6. The number of rotatable bonds is 7. The molecule has 3 fully saturated rings. The summed E-state index contributed by atoms with van der Waals surface area (Å²) in [5.74, 6) is -3.35. The molecule has 0 aromatic heterocycles. The molecule has 1 spiro atoms. The number of hydrogen-bond acceptors (Lipinski definition) is 5. The second-order valence-electron chi connectivity index (χ2n) is 11.2. The van der Waals surface area contributed by atoms with Crippen molar-refractivity contribution in [2.24, 2.45) is 11.8 Å². The van der Waals surface area contributed by atoms with E-state index >= 15 is 0 Å². The van der Waals surface area contributed by atoms with Gasteiger partial charge in [0.15, 0.2) is 0 Å². The van der Waals surface area contributed by atoms with Crippen LogP contribution in [0.3, 0.4) is 0 Å². The van der Waals surface area contributed by atoms with Gasteiger partial charge in [0.05, 0.1) is 17.2 Å². The number of carbonyl (C=O) groups excluding carboxylic acids is 4. The fourth-order valence-corrected chi connectivity index (χ4v) is 5.79. The number of benzene rings is 1. The molecule has 1 aromatic carbocycles. The van der Waals surface area contributed by atoms with Crippen LogP contribution in [0.2, 0.25) is 0 Å². The summed E-state index contributed by atoms with van der Waals surface area (Å²) < 4.78 is 58.9. The molecule has 0 radical (unpaired) electrons. The van der Waals surface area contributed by atoms with Crippen molar-refractivity contribution in [1.29, 1.82) is 0 Å². The lowest BCUT2D eigenvalue weighted by molar-refractivity contribution is -0.142. The lowest BCUT2D eigenvalue weighted by Gasteiger charge is -2.45. The van der Waals surface area contributed by atoms with E-state index < -0.39 is 52.4 Å². The zero-order valence-corrected chi connectivity index (χ0v) is 22.9. The van der Waals surface area contributed by atoms with Gasteiger partial charge in [0.1, 0.15) is 17.4 Å². The molecule has 0 bridgehead atoms. The SMILES string of the molecule is COC1CC(CN2C(=O)N(C)C(=O)C23CCN(C(=O)C(NC(=O)c2cc(C(F)(F)F)ccc2F)C(C)C)CC3)C1. The van der Waals surface area contributed by atoms with Gasteiger partial charge in [-0.3, -0.25) is 19.3 Å². The van der Waals surface area contributed by atoms with E-state index in [1.54, 1.807) is 25.9 Å². The van der Waals surface area contributed by atoms with Crippen molar-refractivity contribution in [3.63, 3.8) is 0 Å². The average Bonchev–Trinajstić information content (AvgIpc) is 3.04. The Morgan fingerprint density at radius 1 is 1.15 bits per heavy atom. The number of urea groups is 1. The molecule has 9 nitrogen and oxygen atoms in total. The third-order valence-electron chi connectivity index (χ3n) is 8.36. The molecule has 1 saturated carbocycles. The summed E-state index contributed by atoms with van der Waals surface area (Å²) in [6.07, 6.45) is -2.64. The predicted molar refractivity (Wildman–Crippen MR) is 134 cm³/mol. The number of nitrogens with zero attached hydrogens (tertiary/aromatic N) is 3. The Kier molecular flexibility index (Phi) is 8.17. The first-order chi connectivity index (χ1) is 18.7. The number of methoxy groups -OCH3 is 1. The maximum Gasteiger partial charge on any atom is 0.416 e. The van der Waals surface area contributed by atoms with E-state index in [1.807, 2.05) is 0 Å². The lowest BCUT2D eigenvalue weighted by atomic mass is 9.79. The Balaban J connectivity index is 1.46. The molecule has 1 aromatic rings. The molecule has 2 aliphatic heterocycles. The number of ether oxygens (including phenoxy) is 1. The fraction of sp³-hybridized carbons (Fsp3) is 0.630. The number of likely N-dealkylation sites (tertiary alicyclic amines) is 1. The molecular weight excluding hydrogens is 536 g/mol. The summed E-state index contributed by atoms with van der Waals surface area (Å²) in [7, 11) is 3.08. The monoisotopic (exact) mass is 570 g/mol. The Morgan fingerprint density at radius 3 is 2.33 bits per heavy atom. The molecule has 1 N–H and O–H groups in total. The predicted octanol–water partition coefficient (Wildman–Crippen LogP) is 3.28. The van der Waals surface area contributed by atoms with Crippen molar-refractivity contribution in [2.75, 3.05) is 33.8 Å². The average molecular weight is 571 g/mol. The number of carbonyl (C=O) groups is 4. The molecule has 220 valence electrons. The summed E-state index contributed by atoms with van der Waals surface area (Å²) in [5, 5.41) is 2.40. The van der Waals surface area contributed by atoms with Gasteiger partial charge in [-0.15, -0.1) is 0 Å². The van der Waals surface area contributed by atoms with Crippen LogP contribution in [0.15, 0.2) is 18.2 Å². The number of nitrogens with one attached hydrogen (secondary N) is 1. The summed E-state index contributed by atoms with van der Waals surface area (Å²) in [6, 6.07) is 0.00642. The maximum atomic E-state index is 14.3. The third-order valence-corrected chi connectivity index (χ3v) is 8.36. The minimum Gasteiger partial charge on any atom is -0.381 e. The minimum atomic E-state index is -4.77. The largest absolute Gasteiger partial charge is 0.416 e. The van der Waals surface area contributed by atoms with Crippen molar-refractivity contribution in [1.82, 2.24) is 20.0 Å². The highest BCUT2D eigenvalue weighted by Gasteiger charge is 2.58. The normalized spacial score (nSPS) is 23.6. The van der Waals surface area contributed by atoms with Crippen LogP contribution < -0.4 is 5.32 Å². The molecule has 1 atom stereocenters. The van der Waals surface area contributed by atoms with Crippen LogP contribution in [0.5, 0.6) is 0 Å². The number of amides is 5. The molecule has 13 heteroatoms. The van der Waals surface area contributed by atoms with Crippen molar-refractivity contribution >= 4 is 23.8 Å². The number of halogens is 4. The first-order valence-corrected chi connectivity index (χ1v) is 13.3. The van der Waals surface area contributed by atoms with Gasteiger partial charge < -0.3 is 19.9 Å². The van der Waals surface area contributed by atoms with E-state index in [0.29, 0.717) is 24.7 Å². The summed E-state index contributed by atoms with van der Waals surface area (Å²) in [4.78, 5) is 56.7. The van der Waals surface area contributed by atoms with Crippen LogP contribution in [-0.4, -0.2) is 89.9 Å². The lowest BCUT2D eigenvalue weighted by Crippen LogP contribution is -2.61. The fourth-order valence-electron chi connectivity index (χ4n) is 5.79. The van der Waals surface area contributed by atoms with E-state index in [0.717, 1.165) is 17.7 Å². The highest BCUT2D eigenvalue weighted by Crippen LogP contribution is 2.40. The highest BCUT2D eigenvalue weighted by molar-refractivity contribution is 6.07. The second-order valence-corrected chi connectivity index (χ2v) is 11.2. The van der Waals surface area contributed by atoms with Crippen molar-refractivity contribution in [3.05, 3.63) is 35.1 Å². The summed E-state index contributed by atoms with van der Waals surface area (Å²) in [6.45, 7) is 3.97. The van der Waals surface area contributed by atoms with Gasteiger partial charge in [0, 0.05) is 33.8 Å². The third kappa shape index (κ3) is 5.39. The highest BCUT2D eigenvalue weighted by atomic mass is 19.4. The van der Waals surface area contributed by atoms with Crippen molar-refractivity contribution in [2.45, 2.75) is 63.4 Å². The van der Waals surface area contributed by atoms with Crippen LogP contribution in [-0.2, 0) is 20.5 Å². The van der Waals surface area contributed by atoms with E-state index in [4.69, 9.17) is 4.74 Å². The van der Waals surface area contributed by atoms with Gasteiger partial charge in [-0.1, -0.05) is 13.8 Å².